The number of amides is 1. The van der Waals surface area contributed by atoms with E-state index in [1.54, 1.807) is 24.3 Å². The zero-order valence-electron chi connectivity index (χ0n) is 14.9. The largest absolute Gasteiger partial charge is 0.482 e. The monoisotopic (exact) mass is 349 g/mol. The van der Waals surface area contributed by atoms with Gasteiger partial charge in [0.05, 0.1) is 5.56 Å². The highest BCUT2D eigenvalue weighted by Crippen LogP contribution is 2.24. The van der Waals surface area contributed by atoms with Gasteiger partial charge < -0.3 is 15.0 Å². The molecule has 0 aliphatic carbocycles. The molecule has 0 saturated carbocycles. The molecule has 5 nitrogen and oxygen atoms in total. The molecule has 2 aromatic rings. The van der Waals surface area contributed by atoms with Crippen molar-refractivity contribution in [3.63, 3.8) is 0 Å². The number of nitrogens with zero attached hydrogens (tertiary/aromatic N) is 2. The third-order valence-corrected chi connectivity index (χ3v) is 4.67. The fourth-order valence-electron chi connectivity index (χ4n) is 3.05. The molecule has 0 radical (unpaired) electrons. The Labute approximate surface area is 154 Å². The van der Waals surface area contributed by atoms with Crippen molar-refractivity contribution in [3.8, 4) is 11.8 Å². The van der Waals surface area contributed by atoms with Crippen LogP contribution in [0.25, 0.3) is 0 Å². The lowest BCUT2D eigenvalue weighted by molar-refractivity contribution is -0.118. The average Bonchev–Trinajstić information content (AvgIpc) is 2.68. The first-order valence-corrected chi connectivity index (χ1v) is 8.92. The Morgan fingerprint density at radius 2 is 1.88 bits per heavy atom. The van der Waals surface area contributed by atoms with Crippen LogP contribution in [-0.4, -0.2) is 25.6 Å². The minimum absolute atomic E-state index is 0.134. The maximum Gasteiger partial charge on any atom is 0.262 e. The molecule has 134 valence electrons. The Morgan fingerprint density at radius 1 is 1.19 bits per heavy atom. The second-order valence-corrected chi connectivity index (χ2v) is 6.66. The van der Waals surface area contributed by atoms with Gasteiger partial charge in [0.1, 0.15) is 11.8 Å². The Bertz CT molecular complexity index is 788. The summed E-state index contributed by atoms with van der Waals surface area (Å²) >= 11 is 0. The van der Waals surface area contributed by atoms with Crippen LogP contribution < -0.4 is 15.0 Å². The van der Waals surface area contributed by atoms with Gasteiger partial charge in [-0.3, -0.25) is 4.79 Å². The van der Waals surface area contributed by atoms with Crippen LogP contribution in [0.15, 0.2) is 48.5 Å². The second kappa shape index (κ2) is 8.39. The highest BCUT2D eigenvalue weighted by molar-refractivity contribution is 5.92. The predicted molar refractivity (Wildman–Crippen MR) is 102 cm³/mol. The first-order valence-electron chi connectivity index (χ1n) is 8.92. The normalized spacial score (nSPS) is 14.5. The van der Waals surface area contributed by atoms with Gasteiger partial charge in [0.15, 0.2) is 6.61 Å². The van der Waals surface area contributed by atoms with Crippen LogP contribution in [0, 0.1) is 17.2 Å². The summed E-state index contributed by atoms with van der Waals surface area (Å²) in [4.78, 5) is 14.5. The summed E-state index contributed by atoms with van der Waals surface area (Å²) in [5, 5.41) is 11.9. The van der Waals surface area contributed by atoms with E-state index in [4.69, 9.17) is 10.00 Å². The predicted octanol–water partition coefficient (Wildman–Crippen LogP) is 3.81. The molecule has 0 aromatic heterocycles. The number of hydrogen-bond acceptors (Lipinski definition) is 4. The summed E-state index contributed by atoms with van der Waals surface area (Å²) in [7, 11) is 0. The third kappa shape index (κ3) is 4.54. The number of ether oxygens (including phenoxy) is 1. The van der Waals surface area contributed by atoms with Crippen LogP contribution in [0.2, 0.25) is 0 Å². The summed E-state index contributed by atoms with van der Waals surface area (Å²) < 4.78 is 5.45. The molecule has 1 aliphatic rings. The van der Waals surface area contributed by atoms with E-state index in [0.29, 0.717) is 11.3 Å². The van der Waals surface area contributed by atoms with Crippen molar-refractivity contribution in [1.29, 1.82) is 5.26 Å². The average molecular weight is 349 g/mol. The highest BCUT2D eigenvalue weighted by Gasteiger charge is 2.16. The molecule has 1 N–H and O–H groups in total. The van der Waals surface area contributed by atoms with E-state index >= 15 is 0 Å². The number of para-hydroxylation sites is 1. The van der Waals surface area contributed by atoms with Gasteiger partial charge in [0.25, 0.3) is 5.91 Å². The number of nitrogens with one attached hydrogen (secondary N) is 1. The number of rotatable bonds is 5. The number of anilines is 2. The van der Waals surface area contributed by atoms with Gasteiger partial charge in [-0.2, -0.15) is 5.26 Å². The molecule has 0 spiro atoms. The summed E-state index contributed by atoms with van der Waals surface area (Å²) in [5.41, 5.74) is 2.34. The molecule has 1 amide bonds. The standard InChI is InChI=1S/C21H23N3O2/c1-16-10-12-24(13-11-16)19-8-6-18(7-9-19)23-21(25)15-26-20-5-3-2-4-17(20)14-22/h2-9,16H,10-13,15H2,1H3,(H,23,25). The summed E-state index contributed by atoms with van der Waals surface area (Å²) in [6.45, 7) is 4.33. The zero-order valence-corrected chi connectivity index (χ0v) is 14.9. The number of nitriles is 1. The van der Waals surface area contributed by atoms with Crippen LogP contribution in [-0.2, 0) is 4.79 Å². The maximum atomic E-state index is 12.1. The van der Waals surface area contributed by atoms with E-state index < -0.39 is 0 Å². The van der Waals surface area contributed by atoms with E-state index in [-0.39, 0.29) is 12.5 Å². The summed E-state index contributed by atoms with van der Waals surface area (Å²) in [6.07, 6.45) is 2.44. The zero-order chi connectivity index (χ0) is 18.4. The Hall–Kier alpha value is -3.00. The smallest absolute Gasteiger partial charge is 0.262 e. The third-order valence-electron chi connectivity index (χ3n) is 4.67. The quantitative estimate of drug-likeness (QED) is 0.891. The Morgan fingerprint density at radius 3 is 2.58 bits per heavy atom. The molecular weight excluding hydrogens is 326 g/mol. The number of carbonyl (C=O) groups excluding carboxylic acids is 1. The topological polar surface area (TPSA) is 65.4 Å². The Kier molecular flexibility index (Phi) is 5.75. The molecule has 1 aliphatic heterocycles. The van der Waals surface area contributed by atoms with Crippen LogP contribution in [0.1, 0.15) is 25.3 Å². The molecule has 0 unspecified atom stereocenters. The number of hydrogen-bond donors (Lipinski definition) is 1. The summed E-state index contributed by atoms with van der Waals surface area (Å²) in [6, 6.07) is 16.8. The van der Waals surface area contributed by atoms with Gasteiger partial charge in [-0.05, 0) is 55.2 Å². The molecule has 5 heteroatoms. The molecule has 1 heterocycles. The van der Waals surface area contributed by atoms with E-state index in [9.17, 15) is 4.79 Å². The first kappa shape index (κ1) is 17.8. The molecule has 2 aromatic carbocycles. The fraction of sp³-hybridized carbons (Fsp3) is 0.333. The maximum absolute atomic E-state index is 12.1. The lowest BCUT2D eigenvalue weighted by Crippen LogP contribution is -2.32. The molecule has 26 heavy (non-hydrogen) atoms. The number of benzene rings is 2. The van der Waals surface area contributed by atoms with Gasteiger partial charge in [-0.1, -0.05) is 19.1 Å². The SMILES string of the molecule is CC1CCN(c2ccc(NC(=O)COc3ccccc3C#N)cc2)CC1. The van der Waals surface area contributed by atoms with Crippen molar-refractivity contribution in [1.82, 2.24) is 0 Å². The lowest BCUT2D eigenvalue weighted by atomic mass is 9.99. The van der Waals surface area contributed by atoms with Crippen LogP contribution in [0.4, 0.5) is 11.4 Å². The minimum Gasteiger partial charge on any atom is -0.482 e. The lowest BCUT2D eigenvalue weighted by Gasteiger charge is -2.32. The van der Waals surface area contributed by atoms with Gasteiger partial charge in [0.2, 0.25) is 0 Å². The van der Waals surface area contributed by atoms with E-state index in [0.717, 1.165) is 24.7 Å². The van der Waals surface area contributed by atoms with Crippen molar-refractivity contribution < 1.29 is 9.53 Å². The Balaban J connectivity index is 1.52. The number of carbonyl (C=O) groups is 1. The van der Waals surface area contributed by atoms with Gasteiger partial charge >= 0.3 is 0 Å². The van der Waals surface area contributed by atoms with Crippen molar-refractivity contribution in [2.45, 2.75) is 19.8 Å². The molecule has 0 bridgehead atoms. The number of piperidine rings is 1. The fourth-order valence-corrected chi connectivity index (χ4v) is 3.05. The molecular formula is C21H23N3O2. The minimum atomic E-state index is -0.253. The van der Waals surface area contributed by atoms with Gasteiger partial charge in [0, 0.05) is 24.5 Å². The molecule has 1 saturated heterocycles. The van der Waals surface area contributed by atoms with Crippen molar-refractivity contribution in [2.24, 2.45) is 5.92 Å². The second-order valence-electron chi connectivity index (χ2n) is 6.66. The van der Waals surface area contributed by atoms with E-state index in [2.05, 4.69) is 17.1 Å². The van der Waals surface area contributed by atoms with Gasteiger partial charge in [-0.15, -0.1) is 0 Å². The van der Waals surface area contributed by atoms with Crippen LogP contribution in [0.5, 0.6) is 5.75 Å². The summed E-state index contributed by atoms with van der Waals surface area (Å²) in [5.74, 6) is 0.966. The van der Waals surface area contributed by atoms with Crippen LogP contribution in [0.3, 0.4) is 0 Å². The highest BCUT2D eigenvalue weighted by atomic mass is 16.5. The molecule has 3 rings (SSSR count). The van der Waals surface area contributed by atoms with Crippen molar-refractivity contribution >= 4 is 17.3 Å². The van der Waals surface area contributed by atoms with Crippen LogP contribution >= 0.6 is 0 Å². The van der Waals surface area contributed by atoms with Crippen molar-refractivity contribution in [2.75, 3.05) is 29.9 Å². The molecule has 0 atom stereocenters. The van der Waals surface area contributed by atoms with Gasteiger partial charge in [-0.25, -0.2) is 0 Å². The first-order chi connectivity index (χ1) is 12.7. The van der Waals surface area contributed by atoms with Crippen molar-refractivity contribution in [3.05, 3.63) is 54.1 Å². The van der Waals surface area contributed by atoms with E-state index in [1.807, 2.05) is 30.3 Å². The van der Waals surface area contributed by atoms with E-state index in [1.165, 1.54) is 18.5 Å². The molecule has 1 fully saturated rings.